The molecule has 0 radical (unpaired) electrons. The first kappa shape index (κ1) is 28.7. The number of carboxylic acids is 1. The van der Waals surface area contributed by atoms with Crippen LogP contribution in [0.5, 0.6) is 5.75 Å². The van der Waals surface area contributed by atoms with Gasteiger partial charge in [0.05, 0.1) is 16.7 Å². The van der Waals surface area contributed by atoms with Gasteiger partial charge in [-0.15, -0.1) is 11.3 Å². The molecule has 2 aliphatic carbocycles. The average Bonchev–Trinajstić information content (AvgIpc) is 3.28. The van der Waals surface area contributed by atoms with Crippen molar-refractivity contribution in [2.75, 3.05) is 4.90 Å². The maximum absolute atomic E-state index is 14.2. The van der Waals surface area contributed by atoms with Crippen LogP contribution in [0.4, 0.5) is 5.69 Å². The molecule has 7 nitrogen and oxygen atoms in total. The summed E-state index contributed by atoms with van der Waals surface area (Å²) in [4.78, 5) is 29.2. The smallest absolute Gasteiger partial charge is 0.348 e. The lowest BCUT2D eigenvalue weighted by atomic mass is 9.79. The van der Waals surface area contributed by atoms with Crippen LogP contribution in [-0.4, -0.2) is 29.1 Å². The molecule has 2 atom stereocenters. The minimum absolute atomic E-state index is 0.0123. The van der Waals surface area contributed by atoms with Gasteiger partial charge in [-0.25, -0.2) is 4.79 Å². The molecule has 0 aliphatic heterocycles. The SMILES string of the molecule is CC1=CC[C@H](C(=O)N(c2cc(C#CC(C)(C)C)sc2C(=O)O)[C@H]2CC[C@H](Oc3ccc[n+]([O-])c3)CC2)[C@@H](C)C1. The zero-order chi connectivity index (χ0) is 28.3. The number of hydrogen-bond donors (Lipinski definition) is 1. The number of nitrogens with zero attached hydrogens (tertiary/aromatic N) is 2. The third-order valence-electron chi connectivity index (χ3n) is 7.39. The zero-order valence-electron chi connectivity index (χ0n) is 23.4. The van der Waals surface area contributed by atoms with Gasteiger partial charge < -0.3 is 20.0 Å². The normalized spacial score (nSPS) is 23.3. The second-order valence-electron chi connectivity index (χ2n) is 11.9. The van der Waals surface area contributed by atoms with Crippen molar-refractivity contribution in [1.29, 1.82) is 0 Å². The molecular formula is C31H38N2O5S. The fraction of sp³-hybridized carbons (Fsp3) is 0.516. The van der Waals surface area contributed by atoms with E-state index in [2.05, 4.69) is 31.8 Å². The van der Waals surface area contributed by atoms with Crippen molar-refractivity contribution in [1.82, 2.24) is 0 Å². The highest BCUT2D eigenvalue weighted by Gasteiger charge is 2.39. The van der Waals surface area contributed by atoms with Crippen LogP contribution < -0.4 is 14.4 Å². The molecule has 1 N–H and O–H groups in total. The van der Waals surface area contributed by atoms with E-state index in [9.17, 15) is 19.9 Å². The van der Waals surface area contributed by atoms with Gasteiger partial charge in [0.1, 0.15) is 4.88 Å². The molecule has 2 aromatic rings. The van der Waals surface area contributed by atoms with Crippen molar-refractivity contribution >= 4 is 28.9 Å². The zero-order valence-corrected chi connectivity index (χ0v) is 24.2. The first-order valence-corrected chi connectivity index (χ1v) is 14.5. The number of allylic oxidation sites excluding steroid dienone is 2. The van der Waals surface area contributed by atoms with Crippen LogP contribution in [0.1, 0.15) is 87.7 Å². The molecular weight excluding hydrogens is 512 g/mol. The van der Waals surface area contributed by atoms with Gasteiger partial charge in [0.15, 0.2) is 11.9 Å². The second kappa shape index (κ2) is 11.8. The topological polar surface area (TPSA) is 93.8 Å². The van der Waals surface area contributed by atoms with Gasteiger partial charge in [0.25, 0.3) is 0 Å². The molecule has 2 heterocycles. The Balaban J connectivity index is 1.64. The molecule has 1 saturated carbocycles. The Morgan fingerprint density at radius 2 is 1.95 bits per heavy atom. The van der Waals surface area contributed by atoms with Crippen LogP contribution in [0.3, 0.4) is 0 Å². The van der Waals surface area contributed by atoms with E-state index in [1.54, 1.807) is 23.1 Å². The molecule has 2 aromatic heterocycles. The van der Waals surface area contributed by atoms with Crippen molar-refractivity contribution < 1.29 is 24.2 Å². The Hall–Kier alpha value is -3.31. The molecule has 1 fully saturated rings. The van der Waals surface area contributed by atoms with Gasteiger partial charge in [-0.2, -0.15) is 4.73 Å². The molecule has 4 rings (SSSR count). The van der Waals surface area contributed by atoms with Gasteiger partial charge in [-0.1, -0.05) is 30.4 Å². The van der Waals surface area contributed by atoms with E-state index in [0.717, 1.165) is 17.8 Å². The Morgan fingerprint density at radius 1 is 1.23 bits per heavy atom. The van der Waals surface area contributed by atoms with Crippen molar-refractivity contribution in [3.63, 3.8) is 0 Å². The fourth-order valence-corrected chi connectivity index (χ4v) is 6.30. The van der Waals surface area contributed by atoms with Gasteiger partial charge >= 0.3 is 5.97 Å². The lowest BCUT2D eigenvalue weighted by Crippen LogP contribution is -2.48. The summed E-state index contributed by atoms with van der Waals surface area (Å²) in [7, 11) is 0. The third-order valence-corrected chi connectivity index (χ3v) is 8.42. The van der Waals surface area contributed by atoms with E-state index >= 15 is 0 Å². The monoisotopic (exact) mass is 550 g/mol. The number of amides is 1. The Labute approximate surface area is 235 Å². The standard InChI is InChI=1S/C31H38N2O5S/c1-20-8-13-26(21(2)17-20)29(34)33(27-18-25(14-15-31(3,4)5)39-28(27)30(35)36)22-9-11-23(12-10-22)38-24-7-6-16-32(37)19-24/h6-8,16,18-19,21-23,26H,9-13,17H2,1-5H3,(H,35,36)/t21-,22-,23-,26-/m0/s1. The summed E-state index contributed by atoms with van der Waals surface area (Å²) in [5.74, 6) is 5.77. The van der Waals surface area contributed by atoms with Crippen molar-refractivity contribution in [2.45, 2.75) is 85.3 Å². The van der Waals surface area contributed by atoms with Crippen molar-refractivity contribution in [2.24, 2.45) is 17.3 Å². The molecule has 0 unspecified atom stereocenters. The van der Waals surface area contributed by atoms with Crippen LogP contribution in [0.2, 0.25) is 0 Å². The predicted octanol–water partition coefficient (Wildman–Crippen LogP) is 6.19. The summed E-state index contributed by atoms with van der Waals surface area (Å²) in [5.41, 5.74) is 1.51. The number of hydrogen-bond acceptors (Lipinski definition) is 5. The highest BCUT2D eigenvalue weighted by molar-refractivity contribution is 7.15. The van der Waals surface area contributed by atoms with Crippen LogP contribution in [-0.2, 0) is 4.79 Å². The Morgan fingerprint density at radius 3 is 2.56 bits per heavy atom. The van der Waals surface area contributed by atoms with E-state index in [1.165, 1.54) is 18.0 Å². The van der Waals surface area contributed by atoms with Crippen LogP contribution in [0, 0.1) is 34.3 Å². The number of carboxylic acid groups (broad SMARTS) is 1. The summed E-state index contributed by atoms with van der Waals surface area (Å²) < 4.78 is 6.78. The molecule has 0 saturated heterocycles. The number of rotatable bonds is 6. The fourth-order valence-electron chi connectivity index (χ4n) is 5.45. The number of thiophene rings is 1. The lowest BCUT2D eigenvalue weighted by Gasteiger charge is -2.40. The van der Waals surface area contributed by atoms with Gasteiger partial charge in [0, 0.05) is 23.4 Å². The highest BCUT2D eigenvalue weighted by Crippen LogP contribution is 2.39. The Kier molecular flexibility index (Phi) is 8.70. The van der Waals surface area contributed by atoms with E-state index < -0.39 is 5.97 Å². The third kappa shape index (κ3) is 7.21. The highest BCUT2D eigenvalue weighted by atomic mass is 32.1. The summed E-state index contributed by atoms with van der Waals surface area (Å²) in [6.07, 6.45) is 9.16. The first-order chi connectivity index (χ1) is 18.4. The molecule has 208 valence electrons. The summed E-state index contributed by atoms with van der Waals surface area (Å²) in [6, 6.07) is 5.06. The van der Waals surface area contributed by atoms with Gasteiger partial charge in [0.2, 0.25) is 12.1 Å². The predicted molar refractivity (Wildman–Crippen MR) is 153 cm³/mol. The van der Waals surface area contributed by atoms with Crippen molar-refractivity contribution in [3.8, 4) is 17.6 Å². The number of carbonyl (C=O) groups excluding carboxylic acids is 1. The number of carbonyl (C=O) groups is 2. The first-order valence-electron chi connectivity index (χ1n) is 13.7. The Bertz CT molecular complexity index is 1300. The van der Waals surface area contributed by atoms with E-state index in [-0.39, 0.29) is 40.2 Å². The second-order valence-corrected chi connectivity index (χ2v) is 12.9. The van der Waals surface area contributed by atoms with Crippen LogP contribution in [0.15, 0.2) is 42.2 Å². The lowest BCUT2D eigenvalue weighted by molar-refractivity contribution is -0.605. The summed E-state index contributed by atoms with van der Waals surface area (Å²) in [5, 5.41) is 21.8. The van der Waals surface area contributed by atoms with Gasteiger partial charge in [-0.3, -0.25) is 4.79 Å². The molecule has 0 aromatic carbocycles. The number of aromatic nitrogens is 1. The minimum Gasteiger partial charge on any atom is -0.619 e. The minimum atomic E-state index is -1.05. The summed E-state index contributed by atoms with van der Waals surface area (Å²) in [6.45, 7) is 10.2. The maximum Gasteiger partial charge on any atom is 0.348 e. The van der Waals surface area contributed by atoms with Crippen molar-refractivity contribution in [3.05, 3.63) is 57.2 Å². The molecule has 2 aliphatic rings. The molecule has 8 heteroatoms. The quantitative estimate of drug-likeness (QED) is 0.200. The molecule has 0 spiro atoms. The molecule has 0 bridgehead atoms. The van der Waals surface area contributed by atoms with Crippen LogP contribution >= 0.6 is 11.3 Å². The number of ether oxygens (including phenoxy) is 1. The van der Waals surface area contributed by atoms with Crippen LogP contribution in [0.25, 0.3) is 0 Å². The average molecular weight is 551 g/mol. The number of anilines is 1. The summed E-state index contributed by atoms with van der Waals surface area (Å²) >= 11 is 1.13. The largest absolute Gasteiger partial charge is 0.619 e. The van der Waals surface area contributed by atoms with Gasteiger partial charge in [-0.05, 0) is 84.3 Å². The van der Waals surface area contributed by atoms with E-state index in [4.69, 9.17) is 4.74 Å². The van der Waals surface area contributed by atoms with E-state index in [1.807, 2.05) is 20.8 Å². The van der Waals surface area contributed by atoms with E-state index in [0.29, 0.717) is 53.1 Å². The molecule has 39 heavy (non-hydrogen) atoms. The maximum atomic E-state index is 14.2. The number of aromatic carboxylic acids is 1. The number of pyridine rings is 1. The molecule has 1 amide bonds.